The first kappa shape index (κ1) is 19.2. The van der Waals surface area contributed by atoms with Crippen LogP contribution >= 0.6 is 11.8 Å². The lowest BCUT2D eigenvalue weighted by atomic mass is 10.2. The van der Waals surface area contributed by atoms with Gasteiger partial charge in [-0.1, -0.05) is 36.0 Å². The van der Waals surface area contributed by atoms with Gasteiger partial charge in [0.2, 0.25) is 5.88 Å². The van der Waals surface area contributed by atoms with Crippen molar-refractivity contribution < 1.29 is 22.3 Å². The number of ether oxygens (including phenoxy) is 1. The van der Waals surface area contributed by atoms with Crippen molar-refractivity contribution in [1.29, 1.82) is 0 Å². The molecule has 0 aliphatic carbocycles. The second kappa shape index (κ2) is 7.96. The normalized spacial score (nSPS) is 11.4. The molecule has 0 amide bonds. The molecule has 1 aromatic heterocycles. The lowest BCUT2D eigenvalue weighted by Crippen LogP contribution is -2.10. The van der Waals surface area contributed by atoms with Crippen molar-refractivity contribution in [3.63, 3.8) is 0 Å². The first-order valence-corrected chi connectivity index (χ1v) is 8.86. The van der Waals surface area contributed by atoms with Crippen LogP contribution in [0.3, 0.4) is 0 Å². The molecule has 3 rings (SSSR count). The zero-order chi connectivity index (χ0) is 19.4. The largest absolute Gasteiger partial charge is 0.439 e. The van der Waals surface area contributed by atoms with Crippen LogP contribution in [0.25, 0.3) is 0 Å². The predicted octanol–water partition coefficient (Wildman–Crippen LogP) is 6.03. The third kappa shape index (κ3) is 5.43. The van der Waals surface area contributed by atoms with Gasteiger partial charge in [0.05, 0.1) is 0 Å². The summed E-state index contributed by atoms with van der Waals surface area (Å²) < 4.78 is 58.2. The maximum Gasteiger partial charge on any atom is 0.433 e. The average Bonchev–Trinajstić information content (AvgIpc) is 2.59. The highest BCUT2D eigenvalue weighted by atomic mass is 32.2. The molecule has 3 nitrogen and oxygen atoms in total. The summed E-state index contributed by atoms with van der Waals surface area (Å²) in [5.74, 6) is -0.0164. The third-order valence-electron chi connectivity index (χ3n) is 3.44. The van der Waals surface area contributed by atoms with E-state index in [1.807, 2.05) is 13.0 Å². The Hall–Kier alpha value is -2.61. The fraction of sp³-hybridized carbons (Fsp3) is 0.158. The fourth-order valence-electron chi connectivity index (χ4n) is 2.24. The fourth-order valence-corrected chi connectivity index (χ4v) is 3.03. The molecule has 1 heterocycles. The summed E-state index contributed by atoms with van der Waals surface area (Å²) in [5, 5.41) is -0.100. The number of benzene rings is 2. The minimum absolute atomic E-state index is 0.100. The van der Waals surface area contributed by atoms with Gasteiger partial charge in [0.25, 0.3) is 0 Å². The standard InChI is InChI=1S/C19H14F4N2OS/c1-12-4-2-7-15(8-12)26-17-10-16(19(21,22)23)24-18(25-17)27-11-13-5-3-6-14(20)9-13/h2-10H,11H2,1H3. The van der Waals surface area contributed by atoms with Gasteiger partial charge in [0, 0.05) is 11.8 Å². The molecule has 140 valence electrons. The number of rotatable bonds is 5. The zero-order valence-corrected chi connectivity index (χ0v) is 14.9. The number of halogens is 4. The Labute approximate surface area is 157 Å². The number of aryl methyl sites for hydroxylation is 1. The Morgan fingerprint density at radius 1 is 1.00 bits per heavy atom. The minimum atomic E-state index is -4.64. The summed E-state index contributed by atoms with van der Waals surface area (Å²) in [4.78, 5) is 7.60. The lowest BCUT2D eigenvalue weighted by Gasteiger charge is -2.11. The molecule has 0 saturated carbocycles. The number of aromatic nitrogens is 2. The Kier molecular flexibility index (Phi) is 5.65. The summed E-state index contributed by atoms with van der Waals surface area (Å²) in [5.41, 5.74) is 0.419. The molecule has 8 heteroatoms. The maximum atomic E-state index is 13.2. The molecule has 0 fully saturated rings. The van der Waals surface area contributed by atoms with Crippen LogP contribution in [0.15, 0.2) is 59.8 Å². The van der Waals surface area contributed by atoms with E-state index in [1.54, 1.807) is 24.3 Å². The van der Waals surface area contributed by atoms with Crippen LogP contribution in [0, 0.1) is 12.7 Å². The van der Waals surface area contributed by atoms with Crippen LogP contribution < -0.4 is 4.74 Å². The molecule has 0 spiro atoms. The predicted molar refractivity (Wildman–Crippen MR) is 94.2 cm³/mol. The van der Waals surface area contributed by atoms with Gasteiger partial charge in [0.1, 0.15) is 11.6 Å². The van der Waals surface area contributed by atoms with Crippen molar-refractivity contribution >= 4 is 11.8 Å². The minimum Gasteiger partial charge on any atom is -0.439 e. The van der Waals surface area contributed by atoms with Gasteiger partial charge in [-0.15, -0.1) is 0 Å². The average molecular weight is 394 g/mol. The molecule has 0 aliphatic heterocycles. The molecule has 3 aromatic rings. The van der Waals surface area contributed by atoms with E-state index >= 15 is 0 Å². The first-order valence-electron chi connectivity index (χ1n) is 7.88. The van der Waals surface area contributed by atoms with E-state index in [4.69, 9.17) is 4.74 Å². The summed E-state index contributed by atoms with van der Waals surface area (Å²) in [7, 11) is 0. The lowest BCUT2D eigenvalue weighted by molar-refractivity contribution is -0.141. The van der Waals surface area contributed by atoms with Gasteiger partial charge in [0.15, 0.2) is 10.9 Å². The molecule has 0 saturated heterocycles. The summed E-state index contributed by atoms with van der Waals surface area (Å²) >= 11 is 0.971. The molecular weight excluding hydrogens is 380 g/mol. The number of hydrogen-bond donors (Lipinski definition) is 0. The second-order valence-electron chi connectivity index (χ2n) is 5.71. The van der Waals surface area contributed by atoms with E-state index < -0.39 is 17.7 Å². The smallest absolute Gasteiger partial charge is 0.433 e. The molecule has 27 heavy (non-hydrogen) atoms. The topological polar surface area (TPSA) is 35.0 Å². The van der Waals surface area contributed by atoms with Crippen molar-refractivity contribution in [2.24, 2.45) is 0 Å². The number of nitrogens with zero attached hydrogens (tertiary/aromatic N) is 2. The Balaban J connectivity index is 1.86. The number of hydrogen-bond acceptors (Lipinski definition) is 4. The second-order valence-corrected chi connectivity index (χ2v) is 6.65. The van der Waals surface area contributed by atoms with Crippen molar-refractivity contribution in [2.45, 2.75) is 24.0 Å². The van der Waals surface area contributed by atoms with Gasteiger partial charge in [-0.25, -0.2) is 9.37 Å². The third-order valence-corrected chi connectivity index (χ3v) is 4.36. The van der Waals surface area contributed by atoms with Crippen molar-refractivity contribution in [1.82, 2.24) is 9.97 Å². The maximum absolute atomic E-state index is 13.2. The van der Waals surface area contributed by atoms with Crippen LogP contribution in [-0.4, -0.2) is 9.97 Å². The molecule has 0 atom stereocenters. The molecule has 0 bridgehead atoms. The van der Waals surface area contributed by atoms with E-state index in [9.17, 15) is 17.6 Å². The van der Waals surface area contributed by atoms with E-state index in [-0.39, 0.29) is 16.8 Å². The number of thioether (sulfide) groups is 1. The van der Waals surface area contributed by atoms with E-state index in [1.165, 1.54) is 18.2 Å². The van der Waals surface area contributed by atoms with Crippen LogP contribution in [0.5, 0.6) is 11.6 Å². The van der Waals surface area contributed by atoms with Crippen molar-refractivity contribution in [3.05, 3.63) is 77.2 Å². The summed E-state index contributed by atoms with van der Waals surface area (Å²) in [6.07, 6.45) is -4.64. The summed E-state index contributed by atoms with van der Waals surface area (Å²) in [6, 6.07) is 13.5. The van der Waals surface area contributed by atoms with Gasteiger partial charge in [-0.3, -0.25) is 0 Å². The molecule has 2 aromatic carbocycles. The SMILES string of the molecule is Cc1cccc(Oc2cc(C(F)(F)F)nc(SCc3cccc(F)c3)n2)c1. The highest BCUT2D eigenvalue weighted by Gasteiger charge is 2.34. The highest BCUT2D eigenvalue weighted by Crippen LogP contribution is 2.33. The number of alkyl halides is 3. The monoisotopic (exact) mass is 394 g/mol. The molecular formula is C19H14F4N2OS. The molecule has 0 aliphatic rings. The van der Waals surface area contributed by atoms with Crippen LogP contribution in [0.2, 0.25) is 0 Å². The van der Waals surface area contributed by atoms with E-state index in [2.05, 4.69) is 9.97 Å². The highest BCUT2D eigenvalue weighted by molar-refractivity contribution is 7.98. The first-order chi connectivity index (χ1) is 12.8. The van der Waals surface area contributed by atoms with Crippen LogP contribution in [-0.2, 0) is 11.9 Å². The molecule has 0 radical (unpaired) electrons. The van der Waals surface area contributed by atoms with Gasteiger partial charge >= 0.3 is 6.18 Å². The van der Waals surface area contributed by atoms with Crippen molar-refractivity contribution in [3.8, 4) is 11.6 Å². The Morgan fingerprint density at radius 2 is 1.78 bits per heavy atom. The summed E-state index contributed by atoms with van der Waals surface area (Å²) in [6.45, 7) is 1.84. The van der Waals surface area contributed by atoms with Gasteiger partial charge in [-0.05, 0) is 42.3 Å². The molecule has 0 unspecified atom stereocenters. The van der Waals surface area contributed by atoms with Gasteiger partial charge < -0.3 is 4.74 Å². The van der Waals surface area contributed by atoms with Crippen molar-refractivity contribution in [2.75, 3.05) is 0 Å². The van der Waals surface area contributed by atoms with Gasteiger partial charge in [-0.2, -0.15) is 18.2 Å². The quantitative estimate of drug-likeness (QED) is 0.301. The Bertz CT molecular complexity index is 947. The Morgan fingerprint density at radius 3 is 2.48 bits per heavy atom. The van der Waals surface area contributed by atoms with E-state index in [0.717, 1.165) is 23.4 Å². The zero-order valence-electron chi connectivity index (χ0n) is 14.1. The van der Waals surface area contributed by atoms with E-state index in [0.29, 0.717) is 11.3 Å². The van der Waals surface area contributed by atoms with Crippen LogP contribution in [0.4, 0.5) is 17.6 Å². The molecule has 0 N–H and O–H groups in total. The van der Waals surface area contributed by atoms with Crippen LogP contribution in [0.1, 0.15) is 16.8 Å².